The molecule has 0 saturated carbocycles. The summed E-state index contributed by atoms with van der Waals surface area (Å²) in [5.74, 6) is -1.47. The van der Waals surface area contributed by atoms with Gasteiger partial charge in [0.05, 0.1) is 23.4 Å². The molecule has 2 amide bonds. The van der Waals surface area contributed by atoms with E-state index in [-0.39, 0.29) is 28.4 Å². The first-order valence-electron chi connectivity index (χ1n) is 12.9. The lowest BCUT2D eigenvalue weighted by atomic mass is 10.1. The van der Waals surface area contributed by atoms with Crippen LogP contribution in [0.4, 0.5) is 5.69 Å². The molecule has 0 atom stereocenters. The van der Waals surface area contributed by atoms with E-state index in [0.717, 1.165) is 5.56 Å². The van der Waals surface area contributed by atoms with Gasteiger partial charge in [-0.25, -0.2) is 10.2 Å². The lowest BCUT2D eigenvalue weighted by molar-refractivity contribution is -0.132. The molecule has 4 aromatic carbocycles. The molecular formula is C32H25Br2N3O7. The van der Waals surface area contributed by atoms with Crippen molar-refractivity contribution in [2.24, 2.45) is 5.10 Å². The monoisotopic (exact) mass is 721 g/mol. The van der Waals surface area contributed by atoms with E-state index in [2.05, 4.69) is 47.7 Å². The Morgan fingerprint density at radius 3 is 2.25 bits per heavy atom. The Labute approximate surface area is 269 Å². The Hall–Kier alpha value is -4.81. The molecule has 0 fully saturated rings. The molecule has 0 aromatic heterocycles. The highest BCUT2D eigenvalue weighted by molar-refractivity contribution is 9.11. The predicted molar refractivity (Wildman–Crippen MR) is 172 cm³/mol. The van der Waals surface area contributed by atoms with Gasteiger partial charge < -0.3 is 19.5 Å². The van der Waals surface area contributed by atoms with Crippen LogP contribution >= 0.6 is 31.9 Å². The van der Waals surface area contributed by atoms with E-state index in [4.69, 9.17) is 14.2 Å². The molecule has 224 valence electrons. The second kappa shape index (κ2) is 14.6. The Bertz CT molecular complexity index is 1790. The maximum Gasteiger partial charge on any atom is 0.343 e. The maximum atomic E-state index is 12.9. The molecule has 0 spiro atoms. The number of amides is 2. The summed E-state index contributed by atoms with van der Waals surface area (Å²) < 4.78 is 17.1. The Morgan fingerprint density at radius 1 is 0.795 bits per heavy atom. The molecule has 0 aliphatic carbocycles. The van der Waals surface area contributed by atoms with Crippen molar-refractivity contribution < 1.29 is 33.4 Å². The number of anilines is 1. The minimum absolute atomic E-state index is 0.183. The van der Waals surface area contributed by atoms with Crippen LogP contribution in [-0.2, 0) is 4.79 Å². The van der Waals surface area contributed by atoms with Crippen molar-refractivity contribution in [3.05, 3.63) is 116 Å². The summed E-state index contributed by atoms with van der Waals surface area (Å²) in [6.07, 6.45) is 1.35. The molecular weight excluding hydrogens is 698 g/mol. The van der Waals surface area contributed by atoms with Crippen molar-refractivity contribution in [3.8, 4) is 17.2 Å². The summed E-state index contributed by atoms with van der Waals surface area (Å²) in [5.41, 5.74) is 5.00. The molecule has 0 aliphatic heterocycles. The van der Waals surface area contributed by atoms with Gasteiger partial charge in [-0.05, 0) is 83.5 Å². The van der Waals surface area contributed by atoms with E-state index in [1.54, 1.807) is 48.5 Å². The quantitative estimate of drug-likeness (QED) is 0.0852. The van der Waals surface area contributed by atoms with Crippen LogP contribution in [0.2, 0.25) is 0 Å². The molecule has 0 aliphatic rings. The summed E-state index contributed by atoms with van der Waals surface area (Å²) >= 11 is 6.83. The van der Waals surface area contributed by atoms with Crippen molar-refractivity contribution in [1.82, 2.24) is 5.43 Å². The third-order valence-electron chi connectivity index (χ3n) is 5.92. The van der Waals surface area contributed by atoms with Crippen molar-refractivity contribution in [2.75, 3.05) is 12.4 Å². The number of hydrogen-bond acceptors (Lipinski definition) is 8. The fourth-order valence-electron chi connectivity index (χ4n) is 3.92. The van der Waals surface area contributed by atoms with Crippen molar-refractivity contribution in [3.63, 3.8) is 0 Å². The van der Waals surface area contributed by atoms with E-state index in [1.807, 2.05) is 13.0 Å². The number of nitrogens with one attached hydrogen (secondary N) is 2. The number of halogens is 2. The van der Waals surface area contributed by atoms with Gasteiger partial charge in [0.25, 0.3) is 11.8 Å². The summed E-state index contributed by atoms with van der Waals surface area (Å²) in [4.78, 5) is 49.8. The van der Waals surface area contributed by atoms with Crippen molar-refractivity contribution >= 4 is 67.5 Å². The van der Waals surface area contributed by atoms with Crippen LogP contribution in [0, 0.1) is 6.92 Å². The second-order valence-corrected chi connectivity index (χ2v) is 11.0. The van der Waals surface area contributed by atoms with Gasteiger partial charge in [-0.15, -0.1) is 0 Å². The molecule has 4 rings (SSSR count). The van der Waals surface area contributed by atoms with Crippen molar-refractivity contribution in [2.45, 2.75) is 13.8 Å². The van der Waals surface area contributed by atoms with Crippen LogP contribution in [0.25, 0.3) is 0 Å². The van der Waals surface area contributed by atoms with Gasteiger partial charge in [-0.2, -0.15) is 5.10 Å². The van der Waals surface area contributed by atoms with E-state index in [0.29, 0.717) is 25.8 Å². The smallest absolute Gasteiger partial charge is 0.343 e. The van der Waals surface area contributed by atoms with Gasteiger partial charge in [0.1, 0.15) is 0 Å². The van der Waals surface area contributed by atoms with E-state index < -0.39 is 23.8 Å². The summed E-state index contributed by atoms with van der Waals surface area (Å²) in [6, 6.07) is 21.1. The first-order chi connectivity index (χ1) is 21.0. The summed E-state index contributed by atoms with van der Waals surface area (Å²) in [6.45, 7) is 3.14. The highest BCUT2D eigenvalue weighted by Crippen LogP contribution is 2.33. The number of methoxy groups -OCH3 is 1. The van der Waals surface area contributed by atoms with Crippen LogP contribution in [0.3, 0.4) is 0 Å². The number of ether oxygens (including phenoxy) is 3. The Balaban J connectivity index is 1.45. The third-order valence-corrected chi connectivity index (χ3v) is 6.96. The Morgan fingerprint density at radius 2 is 1.52 bits per heavy atom. The van der Waals surface area contributed by atoms with Gasteiger partial charge in [-0.3, -0.25) is 14.4 Å². The minimum atomic E-state index is -0.548. The van der Waals surface area contributed by atoms with Gasteiger partial charge in [0, 0.05) is 33.8 Å². The predicted octanol–water partition coefficient (Wildman–Crippen LogP) is 6.69. The number of nitrogens with zero attached hydrogens (tertiary/aromatic N) is 1. The van der Waals surface area contributed by atoms with Crippen LogP contribution in [0.1, 0.15) is 49.1 Å². The number of rotatable bonds is 9. The molecule has 10 nitrogen and oxygen atoms in total. The average molecular weight is 723 g/mol. The zero-order valence-electron chi connectivity index (χ0n) is 23.6. The van der Waals surface area contributed by atoms with Crippen molar-refractivity contribution in [1.29, 1.82) is 0 Å². The number of benzene rings is 4. The first kappa shape index (κ1) is 32.1. The maximum absolute atomic E-state index is 12.9. The van der Waals surface area contributed by atoms with E-state index in [9.17, 15) is 19.2 Å². The van der Waals surface area contributed by atoms with Gasteiger partial charge in [-0.1, -0.05) is 39.7 Å². The normalized spacial score (nSPS) is 10.7. The van der Waals surface area contributed by atoms with Gasteiger partial charge in [0.2, 0.25) is 0 Å². The first-order valence-corrected chi connectivity index (χ1v) is 14.5. The topological polar surface area (TPSA) is 132 Å². The number of carbonyl (C=O) groups excluding carboxylic acids is 4. The number of esters is 2. The summed E-state index contributed by atoms with van der Waals surface area (Å²) in [7, 11) is 1.39. The van der Waals surface area contributed by atoms with Crippen LogP contribution < -0.4 is 25.0 Å². The summed E-state index contributed by atoms with van der Waals surface area (Å²) in [5, 5.41) is 6.77. The molecule has 0 saturated heterocycles. The minimum Gasteiger partial charge on any atom is -0.493 e. The standard InChI is InChI=1S/C32H25Br2N3O7/c1-18-6-4-8-22(12-18)32(41)44-29-23(13-24(33)16-26(29)34)17-35-37-31(40)20-7-5-9-25(14-20)36-30(39)21-10-11-27(43-19(2)38)28(15-21)42-3/h4-17H,1-3H3,(H,36,39)(H,37,40). The highest BCUT2D eigenvalue weighted by atomic mass is 79.9. The number of aryl methyl sites for hydroxylation is 1. The van der Waals surface area contributed by atoms with Gasteiger partial charge in [0.15, 0.2) is 17.2 Å². The fourth-order valence-corrected chi connectivity index (χ4v) is 5.26. The highest BCUT2D eigenvalue weighted by Gasteiger charge is 2.17. The number of hydrazone groups is 1. The third kappa shape index (κ3) is 8.39. The molecule has 4 aromatic rings. The molecule has 0 radical (unpaired) electrons. The molecule has 12 heteroatoms. The molecule has 44 heavy (non-hydrogen) atoms. The van der Waals surface area contributed by atoms with Crippen LogP contribution in [-0.4, -0.2) is 37.1 Å². The SMILES string of the molecule is COc1cc(C(=O)Nc2cccc(C(=O)NN=Cc3cc(Br)cc(Br)c3OC(=O)c3cccc(C)c3)c2)ccc1OC(C)=O. The Kier molecular flexibility index (Phi) is 10.6. The zero-order valence-corrected chi connectivity index (χ0v) is 26.8. The van der Waals surface area contributed by atoms with E-state index >= 15 is 0 Å². The van der Waals surface area contributed by atoms with Gasteiger partial charge >= 0.3 is 11.9 Å². The van der Waals surface area contributed by atoms with E-state index in [1.165, 1.54) is 44.5 Å². The number of carbonyl (C=O) groups is 4. The second-order valence-electron chi connectivity index (χ2n) is 9.26. The molecule has 2 N–H and O–H groups in total. The van der Waals surface area contributed by atoms with Crippen LogP contribution in [0.5, 0.6) is 17.2 Å². The molecule has 0 heterocycles. The molecule has 0 bridgehead atoms. The zero-order chi connectivity index (χ0) is 31.8. The molecule has 0 unspecified atom stereocenters. The fraction of sp³-hybridized carbons (Fsp3) is 0.0938. The largest absolute Gasteiger partial charge is 0.493 e. The average Bonchev–Trinajstić information content (AvgIpc) is 2.98. The lowest BCUT2D eigenvalue weighted by Gasteiger charge is -2.11. The number of hydrogen-bond donors (Lipinski definition) is 2. The van der Waals surface area contributed by atoms with Crippen LogP contribution in [0.15, 0.2) is 92.9 Å². The lowest BCUT2D eigenvalue weighted by Crippen LogP contribution is -2.18.